The Morgan fingerprint density at radius 2 is 2.00 bits per heavy atom. The predicted molar refractivity (Wildman–Crippen MR) is 58.6 cm³/mol. The van der Waals surface area contributed by atoms with Crippen molar-refractivity contribution in [1.29, 1.82) is 0 Å². The number of fused-ring (bicyclic) bond motifs is 1. The van der Waals surface area contributed by atoms with Crippen molar-refractivity contribution in [1.82, 2.24) is 5.16 Å². The van der Waals surface area contributed by atoms with Crippen LogP contribution in [0.15, 0.2) is 4.52 Å². The van der Waals surface area contributed by atoms with E-state index in [9.17, 15) is 0 Å². The van der Waals surface area contributed by atoms with Gasteiger partial charge in [-0.05, 0) is 30.6 Å². The highest BCUT2D eigenvalue weighted by atomic mass is 16.5. The van der Waals surface area contributed by atoms with Crippen LogP contribution in [0.2, 0.25) is 0 Å². The highest BCUT2D eigenvalue weighted by Gasteiger charge is 2.56. The van der Waals surface area contributed by atoms with E-state index >= 15 is 0 Å². The van der Waals surface area contributed by atoms with Crippen molar-refractivity contribution in [3.05, 3.63) is 11.3 Å². The van der Waals surface area contributed by atoms with Crippen LogP contribution in [0.25, 0.3) is 0 Å². The topological polar surface area (TPSA) is 52.0 Å². The number of aromatic nitrogens is 1. The first-order valence-corrected chi connectivity index (χ1v) is 5.95. The molecule has 0 bridgehead atoms. The molecule has 1 heterocycles. The monoisotopic (exact) mass is 206 g/mol. The first kappa shape index (κ1) is 9.25. The van der Waals surface area contributed by atoms with Gasteiger partial charge in [-0.15, -0.1) is 0 Å². The first-order valence-electron chi connectivity index (χ1n) is 5.95. The van der Waals surface area contributed by atoms with Crippen LogP contribution in [0.4, 0.5) is 5.82 Å². The zero-order chi connectivity index (χ0) is 10.6. The van der Waals surface area contributed by atoms with E-state index in [0.29, 0.717) is 17.7 Å². The molecule has 3 nitrogen and oxygen atoms in total. The van der Waals surface area contributed by atoms with Crippen molar-refractivity contribution in [2.24, 2.45) is 11.8 Å². The minimum Gasteiger partial charge on any atom is -0.381 e. The maximum absolute atomic E-state index is 5.85. The molecule has 2 aliphatic rings. The number of rotatable bonds is 2. The molecule has 0 amide bonds. The molecule has 1 aromatic rings. The molecule has 3 rings (SSSR count). The van der Waals surface area contributed by atoms with Crippen LogP contribution in [0, 0.1) is 11.8 Å². The van der Waals surface area contributed by atoms with Crippen LogP contribution >= 0.6 is 0 Å². The Morgan fingerprint density at radius 3 is 2.60 bits per heavy atom. The van der Waals surface area contributed by atoms with Gasteiger partial charge in [-0.3, -0.25) is 0 Å². The molecule has 2 N–H and O–H groups in total. The molecule has 3 heteroatoms. The summed E-state index contributed by atoms with van der Waals surface area (Å²) in [5, 5.41) is 3.93. The van der Waals surface area contributed by atoms with E-state index in [4.69, 9.17) is 10.3 Å². The fraction of sp³-hybridized carbons (Fsp3) is 0.750. The van der Waals surface area contributed by atoms with Crippen LogP contribution in [0.1, 0.15) is 56.3 Å². The number of hydrogen-bond acceptors (Lipinski definition) is 3. The molecule has 0 aliphatic heterocycles. The first-order chi connectivity index (χ1) is 7.20. The van der Waals surface area contributed by atoms with E-state index in [0.717, 1.165) is 23.2 Å². The van der Waals surface area contributed by atoms with Gasteiger partial charge in [-0.1, -0.05) is 25.4 Å². The lowest BCUT2D eigenvalue weighted by atomic mass is 9.98. The molecular weight excluding hydrogens is 188 g/mol. The van der Waals surface area contributed by atoms with Crippen molar-refractivity contribution in [3.63, 3.8) is 0 Å². The molecule has 2 fully saturated rings. The summed E-state index contributed by atoms with van der Waals surface area (Å²) in [4.78, 5) is 0. The molecule has 82 valence electrons. The molecule has 0 aromatic carbocycles. The highest BCUT2D eigenvalue weighted by Crippen LogP contribution is 2.64. The van der Waals surface area contributed by atoms with E-state index in [2.05, 4.69) is 19.0 Å². The molecule has 15 heavy (non-hydrogen) atoms. The van der Waals surface area contributed by atoms with Gasteiger partial charge in [0.1, 0.15) is 5.76 Å². The van der Waals surface area contributed by atoms with E-state index in [1.165, 1.54) is 19.3 Å². The Bertz CT molecular complexity index is 373. The Hall–Kier alpha value is -0.990. The largest absolute Gasteiger partial charge is 0.381 e. The summed E-state index contributed by atoms with van der Waals surface area (Å²) in [7, 11) is 0. The summed E-state index contributed by atoms with van der Waals surface area (Å²) in [5.74, 6) is 4.50. The zero-order valence-electron chi connectivity index (χ0n) is 9.36. The fourth-order valence-electron chi connectivity index (χ4n) is 3.35. The third-order valence-electron chi connectivity index (χ3n) is 4.07. The van der Waals surface area contributed by atoms with Gasteiger partial charge >= 0.3 is 0 Å². The summed E-state index contributed by atoms with van der Waals surface area (Å²) in [6.45, 7) is 4.31. The molecule has 2 saturated carbocycles. The van der Waals surface area contributed by atoms with Gasteiger partial charge < -0.3 is 10.3 Å². The number of nitrogens with zero attached hydrogens (tertiary/aromatic N) is 1. The van der Waals surface area contributed by atoms with Crippen molar-refractivity contribution in [3.8, 4) is 0 Å². The van der Waals surface area contributed by atoms with E-state index in [1.807, 2.05) is 0 Å². The van der Waals surface area contributed by atoms with E-state index in [-0.39, 0.29) is 0 Å². The van der Waals surface area contributed by atoms with E-state index in [1.54, 1.807) is 0 Å². The number of anilines is 1. The summed E-state index contributed by atoms with van der Waals surface area (Å²) in [6, 6.07) is 0. The quantitative estimate of drug-likeness (QED) is 0.809. The van der Waals surface area contributed by atoms with Gasteiger partial charge in [0.25, 0.3) is 0 Å². The van der Waals surface area contributed by atoms with Gasteiger partial charge in [0, 0.05) is 11.5 Å². The van der Waals surface area contributed by atoms with Crippen molar-refractivity contribution in [2.45, 2.75) is 44.9 Å². The van der Waals surface area contributed by atoms with E-state index < -0.39 is 0 Å². The summed E-state index contributed by atoms with van der Waals surface area (Å²) in [6.07, 6.45) is 4.13. The average Bonchev–Trinajstić information content (AvgIpc) is 2.62. The third-order valence-corrected chi connectivity index (χ3v) is 4.07. The molecule has 0 saturated heterocycles. The summed E-state index contributed by atoms with van der Waals surface area (Å²) in [5.41, 5.74) is 7.01. The fourth-order valence-corrected chi connectivity index (χ4v) is 3.35. The second kappa shape index (κ2) is 3.00. The Kier molecular flexibility index (Phi) is 1.85. The van der Waals surface area contributed by atoms with Crippen LogP contribution in [0.5, 0.6) is 0 Å². The SMILES string of the molecule is CC(C)c1c(N)noc1C1C2CCCC21. The smallest absolute Gasteiger partial charge is 0.170 e. The number of nitrogens with two attached hydrogens (primary N) is 1. The van der Waals surface area contributed by atoms with Crippen LogP contribution in [-0.2, 0) is 0 Å². The molecule has 2 aliphatic carbocycles. The maximum atomic E-state index is 5.85. The maximum Gasteiger partial charge on any atom is 0.170 e. The molecular formula is C12H18N2O. The van der Waals surface area contributed by atoms with Gasteiger partial charge in [0.2, 0.25) is 0 Å². The minimum absolute atomic E-state index is 0.424. The normalized spacial score (nSPS) is 33.4. The summed E-state index contributed by atoms with van der Waals surface area (Å²) < 4.78 is 5.44. The van der Waals surface area contributed by atoms with Crippen LogP contribution in [0.3, 0.4) is 0 Å². The summed E-state index contributed by atoms with van der Waals surface area (Å²) >= 11 is 0. The molecule has 0 spiro atoms. The van der Waals surface area contributed by atoms with Gasteiger partial charge in [-0.25, -0.2) is 0 Å². The Balaban J connectivity index is 1.93. The molecule has 2 atom stereocenters. The van der Waals surface area contributed by atoms with Gasteiger partial charge in [0.05, 0.1) is 0 Å². The minimum atomic E-state index is 0.424. The Labute approximate surface area is 90.0 Å². The number of hydrogen-bond donors (Lipinski definition) is 1. The van der Waals surface area contributed by atoms with Crippen molar-refractivity contribution in [2.75, 3.05) is 5.73 Å². The lowest BCUT2D eigenvalue weighted by Gasteiger charge is -2.06. The van der Waals surface area contributed by atoms with Crippen molar-refractivity contribution < 1.29 is 4.52 Å². The van der Waals surface area contributed by atoms with Crippen molar-refractivity contribution >= 4 is 5.82 Å². The third kappa shape index (κ3) is 1.22. The second-order valence-corrected chi connectivity index (χ2v) is 5.28. The standard InChI is InChI=1S/C12H18N2O/c1-6(2)9-11(15-14-12(9)13)10-7-4-3-5-8(7)10/h6-8,10H,3-5H2,1-2H3,(H2,13,14). The van der Waals surface area contributed by atoms with Crippen LogP contribution < -0.4 is 5.73 Å². The van der Waals surface area contributed by atoms with Gasteiger partial charge in [-0.2, -0.15) is 0 Å². The zero-order valence-corrected chi connectivity index (χ0v) is 9.36. The Morgan fingerprint density at radius 1 is 1.33 bits per heavy atom. The lowest BCUT2D eigenvalue weighted by molar-refractivity contribution is 0.373. The predicted octanol–water partition coefficient (Wildman–Crippen LogP) is 2.89. The molecule has 0 radical (unpaired) electrons. The average molecular weight is 206 g/mol. The highest BCUT2D eigenvalue weighted by molar-refractivity contribution is 5.46. The number of nitrogen functional groups attached to an aromatic ring is 1. The molecule has 1 aromatic heterocycles. The van der Waals surface area contributed by atoms with Crippen LogP contribution in [-0.4, -0.2) is 5.16 Å². The lowest BCUT2D eigenvalue weighted by Crippen LogP contribution is -1.98. The van der Waals surface area contributed by atoms with Gasteiger partial charge in [0.15, 0.2) is 5.82 Å². The second-order valence-electron chi connectivity index (χ2n) is 5.28. The molecule has 2 unspecified atom stereocenters.